The van der Waals surface area contributed by atoms with Crippen LogP contribution < -0.4 is 5.11 Å². The normalized spacial score (nSPS) is 11.4. The van der Waals surface area contributed by atoms with E-state index in [2.05, 4.69) is 6.07 Å². The molecule has 114 valence electrons. The van der Waals surface area contributed by atoms with Crippen molar-refractivity contribution < 1.29 is 14.6 Å². The lowest BCUT2D eigenvalue weighted by Crippen LogP contribution is -2.19. The third kappa shape index (κ3) is 3.09. The molecule has 0 spiro atoms. The van der Waals surface area contributed by atoms with E-state index in [0.717, 1.165) is 33.5 Å². The fraction of sp³-hybridized carbons (Fsp3) is 0.0500. The summed E-state index contributed by atoms with van der Waals surface area (Å²) in [6.07, 6.45) is 0.976. The van der Waals surface area contributed by atoms with Gasteiger partial charge in [0.15, 0.2) is 0 Å². The number of hydrogen-bond donors (Lipinski definition) is 0. The zero-order valence-electron chi connectivity index (χ0n) is 12.7. The van der Waals surface area contributed by atoms with Gasteiger partial charge in [0.25, 0.3) is 0 Å². The summed E-state index contributed by atoms with van der Waals surface area (Å²) in [5.41, 5.74) is 2.90. The average Bonchev–Trinajstić information content (AvgIpc) is 2.59. The fourth-order valence-corrected chi connectivity index (χ4v) is 2.65. The van der Waals surface area contributed by atoms with Crippen molar-refractivity contribution in [3.8, 4) is 11.1 Å². The summed E-state index contributed by atoms with van der Waals surface area (Å²) in [6.45, 7) is 0. The molecule has 0 aliphatic heterocycles. The van der Waals surface area contributed by atoms with E-state index in [4.69, 9.17) is 4.74 Å². The lowest BCUT2D eigenvalue weighted by molar-refractivity contribution is -0.297. The summed E-state index contributed by atoms with van der Waals surface area (Å²) in [4.78, 5) is 10.9. The Kier molecular flexibility index (Phi) is 4.11. The molecule has 0 heterocycles. The quantitative estimate of drug-likeness (QED) is 0.549. The number of carbonyl (C=O) groups is 1. The van der Waals surface area contributed by atoms with E-state index >= 15 is 0 Å². The molecule has 3 aromatic rings. The maximum absolute atomic E-state index is 10.9. The van der Waals surface area contributed by atoms with E-state index < -0.39 is 5.97 Å². The van der Waals surface area contributed by atoms with E-state index in [1.165, 1.54) is 7.11 Å². The number of fused-ring (bicyclic) bond motifs is 1. The molecule has 0 amide bonds. The largest absolute Gasteiger partial charge is 0.545 e. The number of carboxylic acid groups (broad SMARTS) is 1. The van der Waals surface area contributed by atoms with Crippen LogP contribution in [0.1, 0.15) is 5.56 Å². The maximum atomic E-state index is 10.9. The first-order chi connectivity index (χ1) is 11.2. The van der Waals surface area contributed by atoms with E-state index in [9.17, 15) is 9.90 Å². The summed E-state index contributed by atoms with van der Waals surface area (Å²) in [5, 5.41) is 12.8. The van der Waals surface area contributed by atoms with Crippen molar-refractivity contribution in [3.63, 3.8) is 0 Å². The molecule has 0 saturated heterocycles. The second kappa shape index (κ2) is 6.36. The van der Waals surface area contributed by atoms with Crippen LogP contribution in [-0.4, -0.2) is 13.1 Å². The Labute approximate surface area is 134 Å². The minimum Gasteiger partial charge on any atom is -0.545 e. The summed E-state index contributed by atoms with van der Waals surface area (Å²) in [7, 11) is 1.45. The second-order valence-corrected chi connectivity index (χ2v) is 5.14. The molecule has 0 unspecified atom stereocenters. The number of hydrogen-bond acceptors (Lipinski definition) is 3. The van der Waals surface area contributed by atoms with Gasteiger partial charge in [-0.1, -0.05) is 60.7 Å². The predicted molar refractivity (Wildman–Crippen MR) is 89.4 cm³/mol. The summed E-state index contributed by atoms with van der Waals surface area (Å²) in [6, 6.07) is 21.9. The van der Waals surface area contributed by atoms with Gasteiger partial charge >= 0.3 is 0 Å². The van der Waals surface area contributed by atoms with Gasteiger partial charge in [0.1, 0.15) is 5.76 Å². The highest BCUT2D eigenvalue weighted by molar-refractivity contribution is 5.98. The summed E-state index contributed by atoms with van der Waals surface area (Å²) in [5.74, 6) is -1.00. The Bertz CT molecular complexity index is 880. The molecule has 0 aliphatic rings. The molecule has 3 heteroatoms. The van der Waals surface area contributed by atoms with E-state index in [-0.39, 0.29) is 5.76 Å². The van der Waals surface area contributed by atoms with Crippen LogP contribution in [-0.2, 0) is 9.53 Å². The Balaban J connectivity index is 2.21. The van der Waals surface area contributed by atoms with Crippen molar-refractivity contribution in [2.45, 2.75) is 0 Å². The minimum atomic E-state index is -1.28. The van der Waals surface area contributed by atoms with Crippen LogP contribution in [0, 0.1) is 0 Å². The van der Waals surface area contributed by atoms with Crippen LogP contribution in [0.2, 0.25) is 0 Å². The van der Waals surface area contributed by atoms with Gasteiger partial charge in [-0.15, -0.1) is 0 Å². The van der Waals surface area contributed by atoms with Crippen LogP contribution in [0.5, 0.6) is 0 Å². The summed E-state index contributed by atoms with van der Waals surface area (Å²) < 4.78 is 5.24. The molecule has 3 rings (SSSR count). The van der Waals surface area contributed by atoms with E-state index in [1.807, 2.05) is 60.7 Å². The molecule has 0 aliphatic carbocycles. The van der Waals surface area contributed by atoms with Gasteiger partial charge in [-0.3, -0.25) is 0 Å². The van der Waals surface area contributed by atoms with Gasteiger partial charge < -0.3 is 14.6 Å². The Hall–Kier alpha value is -3.07. The summed E-state index contributed by atoms with van der Waals surface area (Å²) >= 11 is 0. The molecule has 0 atom stereocenters. The van der Waals surface area contributed by atoms with Crippen molar-refractivity contribution in [2.75, 3.05) is 7.11 Å². The molecule has 0 saturated carbocycles. The first-order valence-electron chi connectivity index (χ1n) is 7.24. The molecule has 0 N–H and O–H groups in total. The average molecular weight is 303 g/mol. The topological polar surface area (TPSA) is 49.4 Å². The molecule has 0 radical (unpaired) electrons. The van der Waals surface area contributed by atoms with Crippen LogP contribution >= 0.6 is 0 Å². The number of aliphatic carboxylic acids is 1. The van der Waals surface area contributed by atoms with Gasteiger partial charge in [-0.25, -0.2) is 0 Å². The molecule has 23 heavy (non-hydrogen) atoms. The van der Waals surface area contributed by atoms with Crippen molar-refractivity contribution in [3.05, 3.63) is 78.4 Å². The Morgan fingerprint density at radius 2 is 1.74 bits per heavy atom. The molecule has 0 aromatic heterocycles. The molecule has 0 bridgehead atoms. The smallest absolute Gasteiger partial charge is 0.128 e. The number of ether oxygens (including phenoxy) is 1. The maximum Gasteiger partial charge on any atom is 0.128 e. The number of carbonyl (C=O) groups excluding carboxylic acids is 1. The third-order valence-electron chi connectivity index (χ3n) is 3.72. The molecule has 3 aromatic carbocycles. The highest BCUT2D eigenvalue weighted by Crippen LogP contribution is 2.30. The molecule has 3 nitrogen and oxygen atoms in total. The fourth-order valence-electron chi connectivity index (χ4n) is 2.65. The Morgan fingerprint density at radius 1 is 0.957 bits per heavy atom. The van der Waals surface area contributed by atoms with E-state index in [0.29, 0.717) is 0 Å². The van der Waals surface area contributed by atoms with Crippen molar-refractivity contribution in [1.29, 1.82) is 0 Å². The Morgan fingerprint density at radius 3 is 2.43 bits per heavy atom. The minimum absolute atomic E-state index is 0.279. The van der Waals surface area contributed by atoms with Crippen LogP contribution in [0.4, 0.5) is 0 Å². The van der Waals surface area contributed by atoms with Gasteiger partial charge in [0.05, 0.1) is 13.1 Å². The predicted octanol–water partition coefficient (Wildman–Crippen LogP) is 3.24. The van der Waals surface area contributed by atoms with Gasteiger partial charge in [-0.2, -0.15) is 0 Å². The second-order valence-electron chi connectivity index (χ2n) is 5.14. The molecular weight excluding hydrogens is 288 g/mol. The lowest BCUT2D eigenvalue weighted by Gasteiger charge is -2.12. The molecular formula is C20H15O3-. The monoisotopic (exact) mass is 303 g/mol. The number of carboxylic acids is 1. The number of methoxy groups -OCH3 is 1. The van der Waals surface area contributed by atoms with Gasteiger partial charge in [-0.05, 0) is 28.0 Å². The van der Waals surface area contributed by atoms with Crippen LogP contribution in [0.15, 0.2) is 72.8 Å². The standard InChI is InChI=1S/C20H16O3/c1-23-19(13-20(21)22)17-9-5-8-15-10-11-16(12-18(15)17)14-6-3-2-4-7-14/h2-13H,1H3,(H,21,22)/p-1/b19-13+. The van der Waals surface area contributed by atoms with E-state index in [1.54, 1.807) is 0 Å². The number of benzene rings is 3. The van der Waals surface area contributed by atoms with Crippen molar-refractivity contribution >= 4 is 22.5 Å². The SMILES string of the molecule is CO/C(=C/C(=O)[O-])c1cccc2ccc(-c3ccccc3)cc12. The zero-order valence-corrected chi connectivity index (χ0v) is 12.7. The van der Waals surface area contributed by atoms with Crippen LogP contribution in [0.3, 0.4) is 0 Å². The zero-order chi connectivity index (χ0) is 16.2. The molecule has 0 fully saturated rings. The highest BCUT2D eigenvalue weighted by Gasteiger charge is 2.08. The van der Waals surface area contributed by atoms with Gasteiger partial charge in [0.2, 0.25) is 0 Å². The third-order valence-corrected chi connectivity index (χ3v) is 3.72. The number of rotatable bonds is 4. The lowest BCUT2D eigenvalue weighted by atomic mass is 9.97. The van der Waals surface area contributed by atoms with Crippen molar-refractivity contribution in [2.24, 2.45) is 0 Å². The first kappa shape index (κ1) is 14.9. The van der Waals surface area contributed by atoms with Crippen molar-refractivity contribution in [1.82, 2.24) is 0 Å². The van der Waals surface area contributed by atoms with Gasteiger partial charge in [0, 0.05) is 11.6 Å². The van der Waals surface area contributed by atoms with Crippen LogP contribution in [0.25, 0.3) is 27.7 Å². The highest BCUT2D eigenvalue weighted by atomic mass is 16.5. The first-order valence-corrected chi connectivity index (χ1v) is 7.24.